The number of amides is 1. The Morgan fingerprint density at radius 2 is 1.88 bits per heavy atom. The number of carbonyl (C=O) groups excluding carboxylic acids is 1. The van der Waals surface area contributed by atoms with Crippen molar-refractivity contribution in [1.29, 1.82) is 0 Å². The highest BCUT2D eigenvalue weighted by atomic mass is 19.1. The first kappa shape index (κ1) is 20.3. The Labute approximate surface area is 186 Å². The van der Waals surface area contributed by atoms with Crippen LogP contribution in [0.5, 0.6) is 0 Å². The molecule has 0 aliphatic carbocycles. The van der Waals surface area contributed by atoms with Crippen LogP contribution in [-0.4, -0.2) is 30.5 Å². The van der Waals surface area contributed by atoms with Crippen LogP contribution in [-0.2, 0) is 13.7 Å². The third kappa shape index (κ3) is 3.89. The largest absolute Gasteiger partial charge is 0.437 e. The van der Waals surface area contributed by atoms with Gasteiger partial charge in [0.05, 0.1) is 17.6 Å². The summed E-state index contributed by atoms with van der Waals surface area (Å²) in [5.41, 5.74) is 1.42. The average Bonchev–Trinajstić information content (AvgIpc) is 3.42. The number of alkyl halides is 1. The van der Waals surface area contributed by atoms with Gasteiger partial charge >= 0.3 is 5.76 Å². The fraction of sp³-hybridized carbons (Fsp3) is 0.0870. The number of anilines is 1. The summed E-state index contributed by atoms with van der Waals surface area (Å²) < 4.78 is 21.0. The van der Waals surface area contributed by atoms with Gasteiger partial charge in [0, 0.05) is 12.6 Å². The van der Waals surface area contributed by atoms with Crippen molar-refractivity contribution in [3.8, 4) is 17.3 Å². The maximum Gasteiger partial charge on any atom is 0.437 e. The van der Waals surface area contributed by atoms with Crippen LogP contribution < -0.4 is 11.1 Å². The molecule has 3 heterocycles. The maximum absolute atomic E-state index is 13.6. The number of pyridine rings is 1. The fourth-order valence-electron chi connectivity index (χ4n) is 3.40. The van der Waals surface area contributed by atoms with E-state index in [1.807, 2.05) is 36.4 Å². The third-order valence-electron chi connectivity index (χ3n) is 5.07. The Kier molecular flexibility index (Phi) is 5.02. The van der Waals surface area contributed by atoms with Crippen LogP contribution in [0.15, 0.2) is 76.1 Å². The molecule has 0 saturated heterocycles. The topological polar surface area (TPSA) is 108 Å². The normalized spacial score (nSPS) is 11.1. The summed E-state index contributed by atoms with van der Waals surface area (Å²) in [5, 5.41) is 13.0. The molecule has 0 radical (unpaired) electrons. The molecular weight excluding hydrogens is 427 g/mol. The van der Waals surface area contributed by atoms with E-state index in [9.17, 15) is 14.0 Å². The van der Waals surface area contributed by atoms with Crippen LogP contribution in [0, 0.1) is 0 Å². The lowest BCUT2D eigenvalue weighted by Crippen LogP contribution is -2.13. The molecule has 10 heteroatoms. The number of hydrogen-bond acceptors (Lipinski definition) is 6. The van der Waals surface area contributed by atoms with Crippen molar-refractivity contribution in [2.45, 2.75) is 6.67 Å². The van der Waals surface area contributed by atoms with Gasteiger partial charge in [-0.05, 0) is 41.1 Å². The monoisotopic (exact) mass is 444 g/mol. The van der Waals surface area contributed by atoms with E-state index >= 15 is 0 Å². The van der Waals surface area contributed by atoms with Crippen LogP contribution >= 0.6 is 0 Å². The number of rotatable bonds is 5. The SMILES string of the molecule is Cn1nc(-c2cc(CF)n(-c3ccc(NC(=O)c4ccc5ccccc5c4)nc3)n2)oc1=O. The molecule has 0 aliphatic heterocycles. The van der Waals surface area contributed by atoms with Gasteiger partial charge in [-0.3, -0.25) is 4.79 Å². The Balaban J connectivity index is 1.38. The zero-order valence-electron chi connectivity index (χ0n) is 17.4. The van der Waals surface area contributed by atoms with Crippen LogP contribution in [0.25, 0.3) is 28.0 Å². The molecule has 0 aliphatic rings. The summed E-state index contributed by atoms with van der Waals surface area (Å²) in [6, 6.07) is 17.9. The second kappa shape index (κ2) is 8.15. The van der Waals surface area contributed by atoms with Gasteiger partial charge in [0.25, 0.3) is 11.8 Å². The quantitative estimate of drug-likeness (QED) is 0.445. The molecule has 3 aromatic heterocycles. The third-order valence-corrected chi connectivity index (χ3v) is 5.07. The van der Waals surface area contributed by atoms with Crippen LogP contribution in [0.1, 0.15) is 16.1 Å². The number of carbonyl (C=O) groups is 1. The molecule has 0 saturated carbocycles. The lowest BCUT2D eigenvalue weighted by molar-refractivity contribution is 0.102. The van der Waals surface area contributed by atoms with Gasteiger partial charge < -0.3 is 9.73 Å². The maximum atomic E-state index is 13.6. The number of aryl methyl sites for hydroxylation is 1. The highest BCUT2D eigenvalue weighted by Gasteiger charge is 2.17. The van der Waals surface area contributed by atoms with Crippen molar-refractivity contribution >= 4 is 22.5 Å². The summed E-state index contributed by atoms with van der Waals surface area (Å²) in [5.74, 6) is -0.614. The molecule has 1 amide bonds. The molecule has 0 bridgehead atoms. The first-order valence-corrected chi connectivity index (χ1v) is 9.98. The van der Waals surface area contributed by atoms with Crippen LogP contribution in [0.3, 0.4) is 0 Å². The van der Waals surface area contributed by atoms with E-state index in [1.54, 1.807) is 18.2 Å². The minimum Gasteiger partial charge on any atom is -0.386 e. The molecule has 164 valence electrons. The first-order valence-electron chi connectivity index (χ1n) is 9.98. The molecule has 5 aromatic rings. The summed E-state index contributed by atoms with van der Waals surface area (Å²) in [4.78, 5) is 28.4. The molecule has 0 fully saturated rings. The Hall–Kier alpha value is -4.60. The summed E-state index contributed by atoms with van der Waals surface area (Å²) in [6.07, 6.45) is 1.46. The lowest BCUT2D eigenvalue weighted by Gasteiger charge is -2.08. The molecule has 9 nitrogen and oxygen atoms in total. The van der Waals surface area contributed by atoms with Gasteiger partial charge in [0.15, 0.2) is 5.69 Å². The standard InChI is InChI=1S/C23H17FN6O3/c1-29-23(32)33-22(28-29)19-11-18(12-24)30(27-19)17-8-9-20(25-13-17)26-21(31)16-7-6-14-4-2-3-5-15(14)10-16/h2-11,13H,12H2,1H3,(H,25,26,31). The zero-order valence-corrected chi connectivity index (χ0v) is 17.4. The van der Waals surface area contributed by atoms with Crippen molar-refractivity contribution in [3.05, 3.63) is 88.7 Å². The van der Waals surface area contributed by atoms with E-state index in [4.69, 9.17) is 4.42 Å². The van der Waals surface area contributed by atoms with E-state index in [2.05, 4.69) is 20.5 Å². The Bertz CT molecular complexity index is 1530. The minimum absolute atomic E-state index is 0.0109. The van der Waals surface area contributed by atoms with E-state index in [1.165, 1.54) is 24.0 Å². The average molecular weight is 444 g/mol. The van der Waals surface area contributed by atoms with Crippen molar-refractivity contribution in [2.24, 2.45) is 7.05 Å². The van der Waals surface area contributed by atoms with E-state index in [0.29, 0.717) is 17.1 Å². The van der Waals surface area contributed by atoms with Crippen LogP contribution in [0.4, 0.5) is 10.2 Å². The van der Waals surface area contributed by atoms with Crippen LogP contribution in [0.2, 0.25) is 0 Å². The highest BCUT2D eigenvalue weighted by Crippen LogP contribution is 2.21. The molecule has 1 N–H and O–H groups in total. The molecule has 0 atom stereocenters. The van der Waals surface area contributed by atoms with Crippen molar-refractivity contribution in [3.63, 3.8) is 0 Å². The minimum atomic E-state index is -0.801. The molecule has 0 unspecified atom stereocenters. The van der Waals surface area contributed by atoms with Gasteiger partial charge in [-0.25, -0.2) is 18.9 Å². The summed E-state index contributed by atoms with van der Waals surface area (Å²) in [6.45, 7) is -0.801. The first-order chi connectivity index (χ1) is 16.0. The number of fused-ring (bicyclic) bond motifs is 1. The number of halogens is 1. The second-order valence-electron chi connectivity index (χ2n) is 7.28. The number of benzene rings is 2. The van der Waals surface area contributed by atoms with E-state index in [0.717, 1.165) is 15.5 Å². The van der Waals surface area contributed by atoms with E-state index in [-0.39, 0.29) is 23.2 Å². The molecule has 0 spiro atoms. The van der Waals surface area contributed by atoms with Gasteiger partial charge in [-0.15, -0.1) is 5.10 Å². The predicted octanol–water partition coefficient (Wildman–Crippen LogP) is 3.50. The predicted molar refractivity (Wildman–Crippen MR) is 119 cm³/mol. The lowest BCUT2D eigenvalue weighted by atomic mass is 10.1. The zero-order chi connectivity index (χ0) is 22.9. The molecular formula is C23H17FN6O3. The number of nitrogens with one attached hydrogen (secondary N) is 1. The molecule has 33 heavy (non-hydrogen) atoms. The van der Waals surface area contributed by atoms with Gasteiger partial charge in [-0.2, -0.15) is 9.78 Å². The Morgan fingerprint density at radius 1 is 1.06 bits per heavy atom. The second-order valence-corrected chi connectivity index (χ2v) is 7.28. The van der Waals surface area contributed by atoms with Gasteiger partial charge in [0.1, 0.15) is 12.5 Å². The summed E-state index contributed by atoms with van der Waals surface area (Å²) >= 11 is 0. The van der Waals surface area contributed by atoms with Crippen molar-refractivity contribution < 1.29 is 13.6 Å². The Morgan fingerprint density at radius 3 is 2.58 bits per heavy atom. The van der Waals surface area contributed by atoms with E-state index < -0.39 is 12.4 Å². The smallest absolute Gasteiger partial charge is 0.386 e. The van der Waals surface area contributed by atoms with Crippen molar-refractivity contribution in [1.82, 2.24) is 24.5 Å². The highest BCUT2D eigenvalue weighted by molar-refractivity contribution is 6.06. The molecule has 5 rings (SSSR count). The van der Waals surface area contributed by atoms with Crippen molar-refractivity contribution in [2.75, 3.05) is 5.32 Å². The fourth-order valence-corrected chi connectivity index (χ4v) is 3.40. The number of hydrogen-bond donors (Lipinski definition) is 1. The number of nitrogens with zero attached hydrogens (tertiary/aromatic N) is 5. The number of aromatic nitrogens is 5. The van der Waals surface area contributed by atoms with Gasteiger partial charge in [0.2, 0.25) is 0 Å². The summed E-state index contributed by atoms with van der Waals surface area (Å²) in [7, 11) is 1.44. The molecule has 2 aromatic carbocycles. The van der Waals surface area contributed by atoms with Gasteiger partial charge in [-0.1, -0.05) is 30.3 Å².